The molecule has 0 spiro atoms. The Labute approximate surface area is 107 Å². The highest BCUT2D eigenvalue weighted by molar-refractivity contribution is 5.98. The normalized spacial score (nSPS) is 9.95. The molecule has 0 aliphatic heterocycles. The number of carbonyl (C=O) groups excluding carboxylic acids is 1. The fourth-order valence-electron chi connectivity index (χ4n) is 1.27. The first-order valence-corrected chi connectivity index (χ1v) is 5.17. The number of rotatable bonds is 3. The van der Waals surface area contributed by atoms with Crippen LogP contribution in [0.25, 0.3) is 0 Å². The van der Waals surface area contributed by atoms with Crippen molar-refractivity contribution in [3.8, 4) is 0 Å². The molecule has 9 heteroatoms. The Kier molecular flexibility index (Phi) is 3.37. The molecule has 0 saturated carbocycles. The van der Waals surface area contributed by atoms with Gasteiger partial charge in [0.05, 0.1) is 11.9 Å². The summed E-state index contributed by atoms with van der Waals surface area (Å²) in [6.45, 7) is 0. The third-order valence-corrected chi connectivity index (χ3v) is 2.18. The lowest BCUT2D eigenvalue weighted by Gasteiger charge is -2.06. The zero-order valence-corrected chi connectivity index (χ0v) is 9.86. The Morgan fingerprint density at radius 3 is 2.58 bits per heavy atom. The molecule has 0 atom stereocenters. The molecular formula is C10H10N6O3. The maximum Gasteiger partial charge on any atom is 0.354 e. The van der Waals surface area contributed by atoms with Gasteiger partial charge in [0.1, 0.15) is 12.0 Å². The average molecular weight is 262 g/mol. The third-order valence-electron chi connectivity index (χ3n) is 2.18. The molecule has 0 aliphatic rings. The van der Waals surface area contributed by atoms with Crippen molar-refractivity contribution in [2.45, 2.75) is 0 Å². The van der Waals surface area contributed by atoms with Gasteiger partial charge >= 0.3 is 12.0 Å². The van der Waals surface area contributed by atoms with Crippen LogP contribution in [0.2, 0.25) is 0 Å². The molecule has 0 aliphatic carbocycles. The number of nitrogens with one attached hydrogen (secondary N) is 2. The highest BCUT2D eigenvalue weighted by Gasteiger charge is 2.08. The molecular weight excluding hydrogens is 252 g/mol. The van der Waals surface area contributed by atoms with E-state index in [1.807, 2.05) is 0 Å². The predicted molar refractivity (Wildman–Crippen MR) is 64.8 cm³/mol. The van der Waals surface area contributed by atoms with Crippen molar-refractivity contribution in [3.63, 3.8) is 0 Å². The summed E-state index contributed by atoms with van der Waals surface area (Å²) in [6, 6.07) is 2.20. The van der Waals surface area contributed by atoms with E-state index in [0.29, 0.717) is 5.69 Å². The van der Waals surface area contributed by atoms with Gasteiger partial charge < -0.3 is 10.4 Å². The van der Waals surface area contributed by atoms with Crippen molar-refractivity contribution in [1.29, 1.82) is 0 Å². The first-order chi connectivity index (χ1) is 9.06. The molecule has 2 aromatic heterocycles. The molecule has 0 fully saturated rings. The number of anilines is 2. The number of hydrogen-bond donors (Lipinski definition) is 3. The minimum absolute atomic E-state index is 0.0979. The summed E-state index contributed by atoms with van der Waals surface area (Å²) in [4.78, 5) is 29.7. The van der Waals surface area contributed by atoms with E-state index in [4.69, 9.17) is 5.11 Å². The van der Waals surface area contributed by atoms with Crippen LogP contribution in [0.5, 0.6) is 0 Å². The molecule has 0 unspecified atom stereocenters. The smallest absolute Gasteiger partial charge is 0.354 e. The number of carboxylic acid groups (broad SMARTS) is 1. The summed E-state index contributed by atoms with van der Waals surface area (Å²) in [5.74, 6) is -0.845. The maximum atomic E-state index is 11.6. The number of aromatic carboxylic acids is 1. The highest BCUT2D eigenvalue weighted by atomic mass is 16.4. The maximum absolute atomic E-state index is 11.6. The monoisotopic (exact) mass is 262 g/mol. The van der Waals surface area contributed by atoms with Gasteiger partial charge in [-0.15, -0.1) is 0 Å². The quantitative estimate of drug-likeness (QED) is 0.742. The lowest BCUT2D eigenvalue weighted by atomic mass is 10.3. The van der Waals surface area contributed by atoms with E-state index < -0.39 is 12.0 Å². The third kappa shape index (κ3) is 3.03. The minimum Gasteiger partial charge on any atom is -0.477 e. The lowest BCUT2D eigenvalue weighted by molar-refractivity contribution is 0.0690. The molecule has 3 N–H and O–H groups in total. The second-order valence-electron chi connectivity index (χ2n) is 3.52. The number of aromatic nitrogens is 4. The van der Waals surface area contributed by atoms with Gasteiger partial charge in [0.25, 0.3) is 0 Å². The fourth-order valence-corrected chi connectivity index (χ4v) is 1.27. The lowest BCUT2D eigenvalue weighted by Crippen LogP contribution is -2.21. The van der Waals surface area contributed by atoms with Gasteiger partial charge in [0.2, 0.25) is 5.95 Å². The van der Waals surface area contributed by atoms with Crippen LogP contribution in [0.15, 0.2) is 24.7 Å². The summed E-state index contributed by atoms with van der Waals surface area (Å²) in [5.41, 5.74) is 0.268. The first kappa shape index (κ1) is 12.5. The van der Waals surface area contributed by atoms with Crippen LogP contribution >= 0.6 is 0 Å². The second kappa shape index (κ2) is 5.12. The van der Waals surface area contributed by atoms with Gasteiger partial charge in [-0.05, 0) is 12.1 Å². The number of amides is 2. The molecule has 2 amide bonds. The van der Waals surface area contributed by atoms with Crippen LogP contribution in [0.3, 0.4) is 0 Å². The van der Waals surface area contributed by atoms with E-state index in [1.54, 1.807) is 7.05 Å². The Balaban J connectivity index is 1.99. The van der Waals surface area contributed by atoms with Crippen molar-refractivity contribution in [2.75, 3.05) is 10.6 Å². The Bertz CT molecular complexity index is 606. The van der Waals surface area contributed by atoms with E-state index in [1.165, 1.54) is 29.3 Å². The number of pyridine rings is 1. The van der Waals surface area contributed by atoms with Gasteiger partial charge in [-0.1, -0.05) is 0 Å². The van der Waals surface area contributed by atoms with Crippen LogP contribution in [-0.4, -0.2) is 36.9 Å². The van der Waals surface area contributed by atoms with Gasteiger partial charge in [0.15, 0.2) is 0 Å². The van der Waals surface area contributed by atoms with Crippen LogP contribution < -0.4 is 10.6 Å². The van der Waals surface area contributed by atoms with E-state index in [9.17, 15) is 9.59 Å². The standard InChI is InChI=1S/C10H10N6O3/c1-16-9(12-5-13-16)15-10(19)14-6-2-3-7(8(17)18)11-4-6/h2-5H,1H3,(H,17,18)(H2,12,13,14,15,19). The fraction of sp³-hybridized carbons (Fsp3) is 0.100. The molecule has 2 heterocycles. The molecule has 0 saturated heterocycles. The number of urea groups is 1. The average Bonchev–Trinajstić information content (AvgIpc) is 2.75. The number of aryl methyl sites for hydroxylation is 1. The van der Waals surface area contributed by atoms with Gasteiger partial charge in [-0.25, -0.2) is 19.3 Å². The summed E-state index contributed by atoms with van der Waals surface area (Å²) in [5, 5.41) is 17.4. The van der Waals surface area contributed by atoms with Gasteiger partial charge in [-0.3, -0.25) is 5.32 Å². The van der Waals surface area contributed by atoms with E-state index in [0.717, 1.165) is 0 Å². The number of carboxylic acids is 1. The minimum atomic E-state index is -1.13. The number of hydrogen-bond acceptors (Lipinski definition) is 5. The van der Waals surface area contributed by atoms with E-state index in [-0.39, 0.29) is 11.6 Å². The van der Waals surface area contributed by atoms with Crippen LogP contribution in [0.4, 0.5) is 16.4 Å². The van der Waals surface area contributed by atoms with E-state index >= 15 is 0 Å². The van der Waals surface area contributed by atoms with Crippen LogP contribution in [0.1, 0.15) is 10.5 Å². The molecule has 0 aromatic carbocycles. The second-order valence-corrected chi connectivity index (χ2v) is 3.52. The Morgan fingerprint density at radius 2 is 2.05 bits per heavy atom. The zero-order chi connectivity index (χ0) is 13.8. The summed E-state index contributed by atoms with van der Waals surface area (Å²) < 4.78 is 1.39. The first-order valence-electron chi connectivity index (χ1n) is 5.17. The number of carbonyl (C=O) groups is 2. The largest absolute Gasteiger partial charge is 0.477 e. The molecule has 0 radical (unpaired) electrons. The molecule has 0 bridgehead atoms. The SMILES string of the molecule is Cn1ncnc1NC(=O)Nc1ccc(C(=O)O)nc1. The van der Waals surface area contributed by atoms with Gasteiger partial charge in [-0.2, -0.15) is 10.1 Å². The summed E-state index contributed by atoms with van der Waals surface area (Å²) in [7, 11) is 1.63. The Morgan fingerprint density at radius 1 is 1.26 bits per heavy atom. The van der Waals surface area contributed by atoms with Crippen molar-refractivity contribution in [2.24, 2.45) is 7.05 Å². The molecule has 2 aromatic rings. The van der Waals surface area contributed by atoms with Crippen molar-refractivity contribution >= 4 is 23.6 Å². The topological polar surface area (TPSA) is 122 Å². The predicted octanol–water partition coefficient (Wildman–Crippen LogP) is 0.552. The Hall–Kier alpha value is -2.97. The molecule has 19 heavy (non-hydrogen) atoms. The van der Waals surface area contributed by atoms with Gasteiger partial charge in [0, 0.05) is 7.05 Å². The van der Waals surface area contributed by atoms with Crippen LogP contribution in [-0.2, 0) is 7.05 Å². The summed E-state index contributed by atoms with van der Waals surface area (Å²) >= 11 is 0. The van der Waals surface area contributed by atoms with Crippen molar-refractivity contribution in [1.82, 2.24) is 19.7 Å². The molecule has 9 nitrogen and oxygen atoms in total. The van der Waals surface area contributed by atoms with Crippen molar-refractivity contribution in [3.05, 3.63) is 30.4 Å². The highest BCUT2D eigenvalue weighted by Crippen LogP contribution is 2.07. The van der Waals surface area contributed by atoms with Crippen molar-refractivity contribution < 1.29 is 14.7 Å². The number of nitrogens with zero attached hydrogens (tertiary/aromatic N) is 4. The molecule has 98 valence electrons. The van der Waals surface area contributed by atoms with E-state index in [2.05, 4.69) is 25.7 Å². The zero-order valence-electron chi connectivity index (χ0n) is 9.86. The summed E-state index contributed by atoms with van der Waals surface area (Å²) in [6.07, 6.45) is 2.55. The molecule has 2 rings (SSSR count). The van der Waals surface area contributed by atoms with Crippen LogP contribution in [0, 0.1) is 0 Å².